The summed E-state index contributed by atoms with van der Waals surface area (Å²) in [4.78, 5) is 37.1. The van der Waals surface area contributed by atoms with Gasteiger partial charge in [-0.3, -0.25) is 14.9 Å². The van der Waals surface area contributed by atoms with Crippen LogP contribution in [0.5, 0.6) is 0 Å². The van der Waals surface area contributed by atoms with Crippen LogP contribution < -0.4 is 5.32 Å². The van der Waals surface area contributed by atoms with Gasteiger partial charge in [0, 0.05) is 33.7 Å². The van der Waals surface area contributed by atoms with Gasteiger partial charge in [0.1, 0.15) is 10.6 Å². The van der Waals surface area contributed by atoms with Crippen LogP contribution in [0.3, 0.4) is 0 Å². The SMILES string of the molecule is Cc1c(C(=O)OC(C(=O)Nc2ccc(Cl)c([N+](=O)[O-])c2)c2ccccc2)oc2c1ccc1ccccc12. The molecule has 5 rings (SSSR count). The minimum Gasteiger partial charge on any atom is -0.448 e. The summed E-state index contributed by atoms with van der Waals surface area (Å²) in [6, 6.07) is 23.8. The van der Waals surface area contributed by atoms with Crippen molar-refractivity contribution < 1.29 is 23.7 Å². The Labute approximate surface area is 215 Å². The number of nitrogens with zero attached hydrogens (tertiary/aromatic N) is 1. The summed E-state index contributed by atoms with van der Waals surface area (Å²) in [5, 5.41) is 16.3. The smallest absolute Gasteiger partial charge is 0.375 e. The van der Waals surface area contributed by atoms with Gasteiger partial charge in [-0.2, -0.15) is 0 Å². The Balaban J connectivity index is 1.48. The third kappa shape index (κ3) is 4.62. The molecular weight excluding hydrogens is 496 g/mol. The van der Waals surface area contributed by atoms with Gasteiger partial charge in [-0.25, -0.2) is 4.79 Å². The van der Waals surface area contributed by atoms with E-state index < -0.39 is 22.9 Å². The average Bonchev–Trinajstić information content (AvgIpc) is 3.25. The lowest BCUT2D eigenvalue weighted by molar-refractivity contribution is -0.384. The first kappa shape index (κ1) is 24.0. The quantitative estimate of drug-likeness (QED) is 0.148. The van der Waals surface area contributed by atoms with Crippen LogP contribution in [-0.2, 0) is 9.53 Å². The summed E-state index contributed by atoms with van der Waals surface area (Å²) in [6.07, 6.45) is -1.35. The zero-order valence-corrected chi connectivity index (χ0v) is 20.2. The second-order valence-electron chi connectivity index (χ2n) is 8.33. The molecule has 0 aliphatic rings. The molecule has 1 heterocycles. The van der Waals surface area contributed by atoms with Crippen molar-refractivity contribution in [3.63, 3.8) is 0 Å². The number of hydrogen-bond donors (Lipinski definition) is 1. The standard InChI is InChI=1S/C28H19ClN2O6/c1-16-20-13-11-17-7-5-6-10-21(17)26(20)36-24(16)28(33)37-25(18-8-3-2-4-9-18)27(32)30-19-12-14-22(29)23(15-19)31(34)35/h2-15,25H,1H3,(H,30,32). The zero-order chi connectivity index (χ0) is 26.1. The highest BCUT2D eigenvalue weighted by Crippen LogP contribution is 2.33. The molecule has 0 saturated heterocycles. The maximum atomic E-state index is 13.3. The van der Waals surface area contributed by atoms with Gasteiger partial charge in [0.15, 0.2) is 0 Å². The van der Waals surface area contributed by atoms with E-state index in [1.54, 1.807) is 37.3 Å². The van der Waals surface area contributed by atoms with E-state index in [1.807, 2.05) is 36.4 Å². The molecule has 5 aromatic rings. The molecule has 184 valence electrons. The van der Waals surface area contributed by atoms with Crippen molar-refractivity contribution in [1.82, 2.24) is 0 Å². The molecule has 1 unspecified atom stereocenters. The number of nitro groups is 1. The van der Waals surface area contributed by atoms with Gasteiger partial charge >= 0.3 is 5.97 Å². The van der Waals surface area contributed by atoms with Gasteiger partial charge in [-0.15, -0.1) is 0 Å². The number of aryl methyl sites for hydroxylation is 1. The minimum absolute atomic E-state index is 0.0118. The van der Waals surface area contributed by atoms with E-state index in [-0.39, 0.29) is 22.2 Å². The Morgan fingerprint density at radius 2 is 1.70 bits per heavy atom. The van der Waals surface area contributed by atoms with Crippen LogP contribution in [-0.4, -0.2) is 16.8 Å². The first-order valence-corrected chi connectivity index (χ1v) is 11.6. The van der Waals surface area contributed by atoms with Crippen molar-refractivity contribution >= 4 is 56.6 Å². The number of esters is 1. The summed E-state index contributed by atoms with van der Waals surface area (Å²) in [5.41, 5.74) is 1.32. The predicted molar refractivity (Wildman–Crippen MR) is 140 cm³/mol. The molecule has 1 atom stereocenters. The summed E-state index contributed by atoms with van der Waals surface area (Å²) in [5.74, 6) is -1.53. The minimum atomic E-state index is -1.35. The molecule has 8 nitrogen and oxygen atoms in total. The Bertz CT molecular complexity index is 1680. The molecule has 0 radical (unpaired) electrons. The molecule has 37 heavy (non-hydrogen) atoms. The highest BCUT2D eigenvalue weighted by Gasteiger charge is 2.29. The lowest BCUT2D eigenvalue weighted by Gasteiger charge is -2.18. The molecule has 1 amide bonds. The Morgan fingerprint density at radius 1 is 0.973 bits per heavy atom. The number of anilines is 1. The van der Waals surface area contributed by atoms with E-state index in [0.717, 1.165) is 22.2 Å². The van der Waals surface area contributed by atoms with E-state index >= 15 is 0 Å². The van der Waals surface area contributed by atoms with Crippen LogP contribution in [0.1, 0.15) is 27.8 Å². The Hall–Kier alpha value is -4.69. The highest BCUT2D eigenvalue weighted by atomic mass is 35.5. The van der Waals surface area contributed by atoms with E-state index in [4.69, 9.17) is 20.8 Å². The number of ether oxygens (including phenoxy) is 1. The van der Waals surface area contributed by atoms with Crippen LogP contribution in [0.4, 0.5) is 11.4 Å². The number of nitrogens with one attached hydrogen (secondary N) is 1. The van der Waals surface area contributed by atoms with E-state index in [0.29, 0.717) is 16.7 Å². The lowest BCUT2D eigenvalue weighted by atomic mass is 10.1. The number of amides is 1. The number of halogens is 1. The normalized spacial score (nSPS) is 11.8. The van der Waals surface area contributed by atoms with E-state index in [2.05, 4.69) is 5.32 Å². The molecule has 0 fully saturated rings. The monoisotopic (exact) mass is 514 g/mol. The Kier molecular flexibility index (Phi) is 6.33. The van der Waals surface area contributed by atoms with Gasteiger partial charge in [-0.1, -0.05) is 78.3 Å². The van der Waals surface area contributed by atoms with Gasteiger partial charge in [0.25, 0.3) is 11.6 Å². The van der Waals surface area contributed by atoms with Crippen LogP contribution in [0.25, 0.3) is 21.7 Å². The summed E-state index contributed by atoms with van der Waals surface area (Å²) >= 11 is 5.87. The fourth-order valence-electron chi connectivity index (χ4n) is 4.14. The average molecular weight is 515 g/mol. The van der Waals surface area contributed by atoms with Crippen molar-refractivity contribution in [2.45, 2.75) is 13.0 Å². The first-order chi connectivity index (χ1) is 17.8. The third-order valence-corrected chi connectivity index (χ3v) is 6.31. The van der Waals surface area contributed by atoms with Crippen molar-refractivity contribution in [2.24, 2.45) is 0 Å². The number of furan rings is 1. The van der Waals surface area contributed by atoms with Gasteiger partial charge in [-0.05, 0) is 24.4 Å². The molecule has 0 aliphatic heterocycles. The molecule has 0 aliphatic carbocycles. The van der Waals surface area contributed by atoms with Crippen LogP contribution in [0.2, 0.25) is 5.02 Å². The molecule has 0 spiro atoms. The number of benzene rings is 4. The number of carbonyl (C=O) groups excluding carboxylic acids is 2. The maximum absolute atomic E-state index is 13.3. The number of hydrogen-bond acceptors (Lipinski definition) is 6. The summed E-state index contributed by atoms with van der Waals surface area (Å²) < 4.78 is 11.6. The van der Waals surface area contributed by atoms with E-state index in [9.17, 15) is 19.7 Å². The van der Waals surface area contributed by atoms with Gasteiger partial charge in [0.05, 0.1) is 4.92 Å². The Morgan fingerprint density at radius 3 is 2.46 bits per heavy atom. The molecule has 4 aromatic carbocycles. The van der Waals surface area contributed by atoms with E-state index in [1.165, 1.54) is 12.1 Å². The summed E-state index contributed by atoms with van der Waals surface area (Å²) in [7, 11) is 0. The zero-order valence-electron chi connectivity index (χ0n) is 19.4. The van der Waals surface area contributed by atoms with Gasteiger partial charge in [0.2, 0.25) is 11.9 Å². The molecule has 9 heteroatoms. The molecule has 1 N–H and O–H groups in total. The number of fused-ring (bicyclic) bond motifs is 3. The molecule has 0 saturated carbocycles. The van der Waals surface area contributed by atoms with Crippen molar-refractivity contribution in [1.29, 1.82) is 0 Å². The second kappa shape index (κ2) is 9.75. The number of carbonyl (C=O) groups is 2. The topological polar surface area (TPSA) is 112 Å². The lowest BCUT2D eigenvalue weighted by Crippen LogP contribution is -2.26. The molecule has 1 aromatic heterocycles. The van der Waals surface area contributed by atoms with Crippen molar-refractivity contribution in [2.75, 3.05) is 5.32 Å². The van der Waals surface area contributed by atoms with Gasteiger partial charge < -0.3 is 14.5 Å². The number of rotatable bonds is 6. The maximum Gasteiger partial charge on any atom is 0.375 e. The second-order valence-corrected chi connectivity index (χ2v) is 8.74. The van der Waals surface area contributed by atoms with Crippen molar-refractivity contribution in [3.05, 3.63) is 117 Å². The molecule has 0 bridgehead atoms. The molecular formula is C28H19ClN2O6. The fraction of sp³-hybridized carbons (Fsp3) is 0.0714. The predicted octanol–water partition coefficient (Wildman–Crippen LogP) is 6.99. The van der Waals surface area contributed by atoms with Crippen LogP contribution in [0.15, 0.2) is 89.3 Å². The van der Waals surface area contributed by atoms with Crippen molar-refractivity contribution in [3.8, 4) is 0 Å². The summed E-state index contributed by atoms with van der Waals surface area (Å²) in [6.45, 7) is 1.75. The van der Waals surface area contributed by atoms with Crippen LogP contribution in [0, 0.1) is 17.0 Å². The fourth-order valence-corrected chi connectivity index (χ4v) is 4.33. The van der Waals surface area contributed by atoms with Crippen LogP contribution >= 0.6 is 11.6 Å². The highest BCUT2D eigenvalue weighted by molar-refractivity contribution is 6.32. The largest absolute Gasteiger partial charge is 0.448 e. The first-order valence-electron chi connectivity index (χ1n) is 11.2. The third-order valence-electron chi connectivity index (χ3n) is 5.99. The number of nitro benzene ring substituents is 1.